The van der Waals surface area contributed by atoms with Gasteiger partial charge in [0.25, 0.3) is 0 Å². The van der Waals surface area contributed by atoms with E-state index in [1.807, 2.05) is 13.8 Å². The number of nitrogens with zero attached hydrogens (tertiary/aromatic N) is 1. The molecule has 0 aliphatic heterocycles. The van der Waals surface area contributed by atoms with Crippen LogP contribution >= 0.6 is 0 Å². The molecule has 110 valence electrons. The molecule has 0 amide bonds. The first kappa shape index (κ1) is 14.7. The van der Waals surface area contributed by atoms with Crippen molar-refractivity contribution in [3.63, 3.8) is 0 Å². The fourth-order valence-corrected chi connectivity index (χ4v) is 3.06. The van der Waals surface area contributed by atoms with Crippen LogP contribution in [-0.4, -0.2) is 17.1 Å². The Morgan fingerprint density at radius 1 is 1.50 bits per heavy atom. The first-order valence-electron chi connectivity index (χ1n) is 6.80. The molecule has 0 radical (unpaired) electrons. The zero-order chi connectivity index (χ0) is 14.9. The fraction of sp³-hybridized carbons (Fsp3) is 0.571. The Labute approximate surface area is 117 Å². The summed E-state index contributed by atoms with van der Waals surface area (Å²) in [6.07, 6.45) is 2.10. The van der Waals surface area contributed by atoms with Crippen LogP contribution in [0.15, 0.2) is 18.2 Å². The first-order chi connectivity index (χ1) is 9.44. The van der Waals surface area contributed by atoms with E-state index in [2.05, 4.69) is 0 Å². The van der Waals surface area contributed by atoms with Crippen molar-refractivity contribution in [1.82, 2.24) is 0 Å². The third-order valence-corrected chi connectivity index (χ3v) is 4.55. The van der Waals surface area contributed by atoms with Gasteiger partial charge in [0.2, 0.25) is 0 Å². The second kappa shape index (κ2) is 5.36. The molecule has 1 aromatic rings. The Morgan fingerprint density at radius 3 is 2.65 bits per heavy atom. The summed E-state index contributed by atoms with van der Waals surface area (Å²) in [6.45, 7) is 4.05. The number of nitro groups is 1. The van der Waals surface area contributed by atoms with Crippen molar-refractivity contribution in [1.29, 1.82) is 0 Å². The van der Waals surface area contributed by atoms with Crippen molar-refractivity contribution >= 4 is 5.69 Å². The van der Waals surface area contributed by atoms with Crippen molar-refractivity contribution in [2.45, 2.75) is 45.3 Å². The summed E-state index contributed by atoms with van der Waals surface area (Å²) in [5.74, 6) is -0.564. The molecule has 5 nitrogen and oxygen atoms in total. The highest BCUT2D eigenvalue weighted by atomic mass is 19.1. The molecule has 20 heavy (non-hydrogen) atoms. The molecule has 1 aromatic carbocycles. The van der Waals surface area contributed by atoms with E-state index in [9.17, 15) is 14.5 Å². The first-order valence-corrected chi connectivity index (χ1v) is 6.80. The molecule has 0 heterocycles. The number of ether oxygens (including phenoxy) is 1. The predicted octanol–water partition coefficient (Wildman–Crippen LogP) is 3.02. The Balaban J connectivity index is 2.27. The molecular weight excluding hydrogens is 263 g/mol. The summed E-state index contributed by atoms with van der Waals surface area (Å²) in [5.41, 5.74) is 5.67. The van der Waals surface area contributed by atoms with Gasteiger partial charge in [0.05, 0.1) is 4.92 Å². The van der Waals surface area contributed by atoms with Crippen LogP contribution in [-0.2, 0) is 0 Å². The minimum atomic E-state index is -0.563. The number of halogens is 1. The van der Waals surface area contributed by atoms with Crippen LogP contribution < -0.4 is 10.5 Å². The van der Waals surface area contributed by atoms with Crippen molar-refractivity contribution in [2.24, 2.45) is 11.1 Å². The molecule has 2 rings (SSSR count). The van der Waals surface area contributed by atoms with Crippen LogP contribution in [0.1, 0.15) is 33.1 Å². The van der Waals surface area contributed by atoms with Crippen molar-refractivity contribution in [3.8, 4) is 5.75 Å². The Morgan fingerprint density at radius 2 is 2.15 bits per heavy atom. The van der Waals surface area contributed by atoms with Gasteiger partial charge in [-0.05, 0) is 18.9 Å². The summed E-state index contributed by atoms with van der Waals surface area (Å²) in [4.78, 5) is 10.4. The van der Waals surface area contributed by atoms with Crippen LogP contribution in [0.25, 0.3) is 0 Å². The largest absolute Gasteiger partial charge is 0.483 e. The van der Waals surface area contributed by atoms with Gasteiger partial charge in [-0.15, -0.1) is 0 Å². The van der Waals surface area contributed by atoms with E-state index in [0.717, 1.165) is 31.0 Å². The summed E-state index contributed by atoms with van der Waals surface area (Å²) in [6, 6.07) is 3.28. The van der Waals surface area contributed by atoms with Gasteiger partial charge in [0.15, 0.2) is 5.75 Å². The number of rotatable bonds is 5. The maximum Gasteiger partial charge on any atom is 0.311 e. The molecule has 2 atom stereocenters. The monoisotopic (exact) mass is 282 g/mol. The smallest absolute Gasteiger partial charge is 0.311 e. The van der Waals surface area contributed by atoms with E-state index in [1.54, 1.807) is 0 Å². The number of nitrogens with two attached hydrogens (primary N) is 1. The Bertz CT molecular complexity index is 517. The van der Waals surface area contributed by atoms with Gasteiger partial charge in [-0.3, -0.25) is 10.1 Å². The highest BCUT2D eigenvalue weighted by molar-refractivity contribution is 5.46. The summed E-state index contributed by atoms with van der Waals surface area (Å²) < 4.78 is 19.0. The minimum Gasteiger partial charge on any atom is -0.483 e. The summed E-state index contributed by atoms with van der Waals surface area (Å²) in [7, 11) is 0. The van der Waals surface area contributed by atoms with E-state index in [4.69, 9.17) is 10.5 Å². The third kappa shape index (κ3) is 2.24. The normalized spacial score (nSPS) is 24.0. The van der Waals surface area contributed by atoms with Gasteiger partial charge in [0, 0.05) is 30.0 Å². The topological polar surface area (TPSA) is 78.4 Å². The van der Waals surface area contributed by atoms with E-state index in [0.29, 0.717) is 6.42 Å². The van der Waals surface area contributed by atoms with Crippen molar-refractivity contribution in [3.05, 3.63) is 34.1 Å². The van der Waals surface area contributed by atoms with Gasteiger partial charge in [-0.25, -0.2) is 4.39 Å². The Kier molecular flexibility index (Phi) is 3.94. The van der Waals surface area contributed by atoms with Crippen molar-refractivity contribution in [2.75, 3.05) is 0 Å². The SMILES string of the molecule is CCC1(CC)C(N)CC1Oc1cc(F)ccc1[N+](=O)[O-]. The number of hydrogen-bond acceptors (Lipinski definition) is 4. The molecule has 1 saturated carbocycles. The number of nitro benzene ring substituents is 1. The summed E-state index contributed by atoms with van der Waals surface area (Å²) in [5, 5.41) is 11.0. The molecule has 0 bridgehead atoms. The maximum absolute atomic E-state index is 13.3. The second-order valence-corrected chi connectivity index (χ2v) is 5.26. The van der Waals surface area contributed by atoms with E-state index < -0.39 is 10.7 Å². The molecule has 6 heteroatoms. The average Bonchev–Trinajstić information content (AvgIpc) is 2.39. The zero-order valence-electron chi connectivity index (χ0n) is 11.6. The molecule has 2 unspecified atom stereocenters. The van der Waals surface area contributed by atoms with Gasteiger partial charge in [-0.1, -0.05) is 13.8 Å². The molecule has 1 aliphatic carbocycles. The molecule has 0 aromatic heterocycles. The lowest BCUT2D eigenvalue weighted by Crippen LogP contribution is -2.63. The van der Waals surface area contributed by atoms with Gasteiger partial charge >= 0.3 is 5.69 Å². The van der Waals surface area contributed by atoms with Crippen LogP contribution in [0.5, 0.6) is 5.75 Å². The second-order valence-electron chi connectivity index (χ2n) is 5.26. The highest BCUT2D eigenvalue weighted by Crippen LogP contribution is 2.48. The van der Waals surface area contributed by atoms with Gasteiger partial charge in [-0.2, -0.15) is 0 Å². The minimum absolute atomic E-state index is 0.0156. The van der Waals surface area contributed by atoms with Gasteiger partial charge in [0.1, 0.15) is 11.9 Å². The van der Waals surface area contributed by atoms with Crippen molar-refractivity contribution < 1.29 is 14.1 Å². The third-order valence-electron chi connectivity index (χ3n) is 4.55. The predicted molar refractivity (Wildman–Crippen MR) is 73.1 cm³/mol. The number of benzene rings is 1. The lowest BCUT2D eigenvalue weighted by molar-refractivity contribution is -0.386. The quantitative estimate of drug-likeness (QED) is 0.665. The standard InChI is InChI=1S/C14H19FN2O3/c1-3-14(4-2)12(16)8-13(14)20-11-7-9(15)5-6-10(11)17(18)19/h5-7,12-13H,3-4,8,16H2,1-2H3. The van der Waals surface area contributed by atoms with Crippen LogP contribution in [0.3, 0.4) is 0 Å². The molecule has 1 aliphatic rings. The van der Waals surface area contributed by atoms with Crippen LogP contribution in [0.4, 0.5) is 10.1 Å². The molecule has 2 N–H and O–H groups in total. The lowest BCUT2D eigenvalue weighted by atomic mass is 9.59. The highest BCUT2D eigenvalue weighted by Gasteiger charge is 2.52. The van der Waals surface area contributed by atoms with E-state index in [1.165, 1.54) is 0 Å². The summed E-state index contributed by atoms with van der Waals surface area (Å²) >= 11 is 0. The molecule has 0 spiro atoms. The average molecular weight is 282 g/mol. The Hall–Kier alpha value is -1.69. The lowest BCUT2D eigenvalue weighted by Gasteiger charge is -2.53. The van der Waals surface area contributed by atoms with E-state index in [-0.39, 0.29) is 29.0 Å². The fourth-order valence-electron chi connectivity index (χ4n) is 3.06. The molecular formula is C14H19FN2O3. The van der Waals surface area contributed by atoms with E-state index >= 15 is 0 Å². The van der Waals surface area contributed by atoms with Crippen LogP contribution in [0.2, 0.25) is 0 Å². The molecule has 0 saturated heterocycles. The van der Waals surface area contributed by atoms with Gasteiger partial charge < -0.3 is 10.5 Å². The number of hydrogen-bond donors (Lipinski definition) is 1. The molecule has 1 fully saturated rings. The van der Waals surface area contributed by atoms with Crippen LogP contribution in [0, 0.1) is 21.3 Å². The zero-order valence-corrected chi connectivity index (χ0v) is 11.6. The maximum atomic E-state index is 13.3.